The number of aliphatic hydroxyl groups is 1. The first kappa shape index (κ1) is 20.4. The minimum absolute atomic E-state index is 0.172. The van der Waals surface area contributed by atoms with Crippen LogP contribution in [0.3, 0.4) is 0 Å². The second-order valence-corrected chi connectivity index (χ2v) is 8.11. The Hall–Kier alpha value is -3.92. The number of aliphatic hydroxyl groups excluding tert-OH is 1. The molecule has 0 saturated heterocycles. The highest BCUT2D eigenvalue weighted by molar-refractivity contribution is 5.99. The van der Waals surface area contributed by atoms with Crippen LogP contribution in [-0.2, 0) is 12.0 Å². The third kappa shape index (κ3) is 4.05. The van der Waals surface area contributed by atoms with E-state index in [0.29, 0.717) is 22.6 Å². The molecule has 4 aromatic rings. The summed E-state index contributed by atoms with van der Waals surface area (Å²) in [7, 11) is 0. The third-order valence-corrected chi connectivity index (χ3v) is 4.80. The molecule has 0 saturated carbocycles. The van der Waals surface area contributed by atoms with Gasteiger partial charge in [0.05, 0.1) is 12.3 Å². The fourth-order valence-electron chi connectivity index (χ4n) is 3.21. The van der Waals surface area contributed by atoms with Crippen molar-refractivity contribution in [1.29, 1.82) is 0 Å². The third-order valence-electron chi connectivity index (χ3n) is 4.80. The number of amides is 2. The van der Waals surface area contributed by atoms with Crippen LogP contribution in [0.15, 0.2) is 47.4 Å². The summed E-state index contributed by atoms with van der Waals surface area (Å²) in [4.78, 5) is 16.3. The maximum atomic E-state index is 12.3. The molecule has 0 radical (unpaired) electrons. The number of fused-ring (bicyclic) bond motifs is 1. The maximum Gasteiger partial charge on any atom is 0.326 e. The Morgan fingerprint density at radius 2 is 1.97 bits per heavy atom. The molecule has 3 aromatic heterocycles. The number of nitrogens with one attached hydrogen (secondary N) is 2. The number of nitrogens with two attached hydrogens (primary N) is 1. The summed E-state index contributed by atoms with van der Waals surface area (Å²) in [5.74, 6) is 0.579. The van der Waals surface area contributed by atoms with Gasteiger partial charge in [-0.2, -0.15) is 5.10 Å². The van der Waals surface area contributed by atoms with Crippen LogP contribution in [0, 0.1) is 0 Å². The monoisotopic (exact) mass is 421 g/mol. The molecule has 0 aliphatic heterocycles. The topological polar surface area (TPSA) is 144 Å². The van der Waals surface area contributed by atoms with Gasteiger partial charge < -0.3 is 20.7 Å². The average molecular weight is 421 g/mol. The van der Waals surface area contributed by atoms with Gasteiger partial charge in [-0.1, -0.05) is 38.1 Å². The normalized spacial score (nSPS) is 11.6. The van der Waals surface area contributed by atoms with Gasteiger partial charge in [0.25, 0.3) is 0 Å². The van der Waals surface area contributed by atoms with Crippen molar-refractivity contribution >= 4 is 28.9 Å². The maximum absolute atomic E-state index is 12.3. The van der Waals surface area contributed by atoms with Gasteiger partial charge in [-0.05, 0) is 17.7 Å². The van der Waals surface area contributed by atoms with Crippen LogP contribution < -0.4 is 16.4 Å². The smallest absolute Gasteiger partial charge is 0.326 e. The molecule has 1 aromatic carbocycles. The van der Waals surface area contributed by atoms with E-state index in [9.17, 15) is 9.90 Å². The highest BCUT2D eigenvalue weighted by Gasteiger charge is 2.20. The standard InChI is InChI=1S/C21H23N7O3/c1-21(2,3)15-8-16(31-27-15)26-20(30)25-14-6-4-12(5-7-14)17-13(10-29)9-28-18(17)19(22)23-11-24-28/h4-9,11,29H,10H2,1-3H3,(H2,22,23,24)(H2,25,26,30). The van der Waals surface area contributed by atoms with Crippen molar-refractivity contribution in [2.24, 2.45) is 0 Å². The first-order valence-corrected chi connectivity index (χ1v) is 9.63. The fourth-order valence-corrected chi connectivity index (χ4v) is 3.21. The number of nitrogens with zero attached hydrogens (tertiary/aromatic N) is 4. The molecule has 10 nitrogen and oxygen atoms in total. The summed E-state index contributed by atoms with van der Waals surface area (Å²) in [5, 5.41) is 23.2. The Morgan fingerprint density at radius 3 is 2.61 bits per heavy atom. The van der Waals surface area contributed by atoms with E-state index in [1.807, 2.05) is 32.9 Å². The number of carbonyl (C=O) groups excluding carboxylic acids is 1. The van der Waals surface area contributed by atoms with Crippen LogP contribution in [0.25, 0.3) is 16.6 Å². The average Bonchev–Trinajstić information content (AvgIpc) is 3.33. The molecule has 0 aliphatic carbocycles. The van der Waals surface area contributed by atoms with Gasteiger partial charge in [-0.15, -0.1) is 0 Å². The van der Waals surface area contributed by atoms with Crippen LogP contribution >= 0.6 is 0 Å². The zero-order valence-electron chi connectivity index (χ0n) is 17.4. The van der Waals surface area contributed by atoms with Gasteiger partial charge in [0.15, 0.2) is 5.82 Å². The molecule has 0 aliphatic rings. The highest BCUT2D eigenvalue weighted by atomic mass is 16.5. The molecule has 0 spiro atoms. The molecule has 0 atom stereocenters. The highest BCUT2D eigenvalue weighted by Crippen LogP contribution is 2.33. The number of hydrogen-bond acceptors (Lipinski definition) is 7. The molecule has 3 heterocycles. The molecule has 2 amide bonds. The van der Waals surface area contributed by atoms with Crippen molar-refractivity contribution in [2.45, 2.75) is 32.8 Å². The predicted octanol–water partition coefficient (Wildman–Crippen LogP) is 3.40. The molecule has 10 heteroatoms. The molecule has 0 fully saturated rings. The molecule has 0 bridgehead atoms. The van der Waals surface area contributed by atoms with Gasteiger partial charge in [0, 0.05) is 34.5 Å². The number of carbonyl (C=O) groups is 1. The molecule has 5 N–H and O–H groups in total. The van der Waals surface area contributed by atoms with E-state index in [-0.39, 0.29) is 17.9 Å². The van der Waals surface area contributed by atoms with E-state index in [1.165, 1.54) is 6.33 Å². The number of aromatic nitrogens is 4. The lowest BCUT2D eigenvalue weighted by molar-refractivity contribution is 0.261. The first-order valence-electron chi connectivity index (χ1n) is 9.63. The van der Waals surface area contributed by atoms with E-state index in [2.05, 4.69) is 25.9 Å². The number of nitrogen functional groups attached to an aromatic ring is 1. The fraction of sp³-hybridized carbons (Fsp3) is 0.238. The van der Waals surface area contributed by atoms with E-state index < -0.39 is 6.03 Å². The predicted molar refractivity (Wildman–Crippen MR) is 117 cm³/mol. The summed E-state index contributed by atoms with van der Waals surface area (Å²) >= 11 is 0. The van der Waals surface area contributed by atoms with Crippen LogP contribution in [0.5, 0.6) is 0 Å². The number of rotatable bonds is 4. The molecular formula is C21H23N7O3. The zero-order chi connectivity index (χ0) is 22.2. The first-order chi connectivity index (χ1) is 14.8. The Bertz CT molecular complexity index is 1240. The number of anilines is 3. The lowest BCUT2D eigenvalue weighted by Crippen LogP contribution is -2.19. The molecule has 31 heavy (non-hydrogen) atoms. The van der Waals surface area contributed by atoms with Crippen molar-refractivity contribution < 1.29 is 14.4 Å². The van der Waals surface area contributed by atoms with E-state index in [4.69, 9.17) is 10.3 Å². The number of benzene rings is 1. The summed E-state index contributed by atoms with van der Waals surface area (Å²) < 4.78 is 6.76. The zero-order valence-corrected chi connectivity index (χ0v) is 17.4. The number of hydrogen-bond donors (Lipinski definition) is 4. The van der Waals surface area contributed by atoms with Gasteiger partial charge >= 0.3 is 6.03 Å². The van der Waals surface area contributed by atoms with Crippen LogP contribution in [0.2, 0.25) is 0 Å². The minimum Gasteiger partial charge on any atom is -0.392 e. The summed E-state index contributed by atoms with van der Waals surface area (Å²) in [6, 6.07) is 8.39. The summed E-state index contributed by atoms with van der Waals surface area (Å²) in [6.07, 6.45) is 3.07. The molecule has 160 valence electrons. The lowest BCUT2D eigenvalue weighted by Gasteiger charge is -2.12. The van der Waals surface area contributed by atoms with E-state index in [0.717, 1.165) is 16.8 Å². The Labute approximate surface area is 178 Å². The van der Waals surface area contributed by atoms with Crippen molar-refractivity contribution in [3.05, 3.63) is 54.1 Å². The largest absolute Gasteiger partial charge is 0.392 e. The number of urea groups is 1. The quantitative estimate of drug-likeness (QED) is 0.395. The molecular weight excluding hydrogens is 398 g/mol. The van der Waals surface area contributed by atoms with Gasteiger partial charge in [0.1, 0.15) is 11.8 Å². The molecule has 4 rings (SSSR count). The van der Waals surface area contributed by atoms with Gasteiger partial charge in [-0.3, -0.25) is 5.32 Å². The Balaban J connectivity index is 1.52. The van der Waals surface area contributed by atoms with Crippen molar-refractivity contribution in [3.8, 4) is 11.1 Å². The SMILES string of the molecule is CC(C)(C)c1cc(NC(=O)Nc2ccc(-c3c(CO)cn4ncnc(N)c34)cc2)on1. The van der Waals surface area contributed by atoms with Crippen LogP contribution in [-0.4, -0.2) is 30.9 Å². The van der Waals surface area contributed by atoms with E-state index in [1.54, 1.807) is 28.9 Å². The summed E-state index contributed by atoms with van der Waals surface area (Å²) in [6.45, 7) is 5.85. The second-order valence-electron chi connectivity index (χ2n) is 8.11. The van der Waals surface area contributed by atoms with Gasteiger partial charge in [-0.25, -0.2) is 14.3 Å². The van der Waals surface area contributed by atoms with Crippen LogP contribution in [0.1, 0.15) is 32.0 Å². The Kier molecular flexibility index (Phi) is 5.07. The Morgan fingerprint density at radius 1 is 1.23 bits per heavy atom. The van der Waals surface area contributed by atoms with E-state index >= 15 is 0 Å². The van der Waals surface area contributed by atoms with Crippen molar-refractivity contribution in [1.82, 2.24) is 19.8 Å². The molecule has 0 unspecified atom stereocenters. The van der Waals surface area contributed by atoms with Gasteiger partial charge in [0.2, 0.25) is 5.88 Å². The van der Waals surface area contributed by atoms with Crippen molar-refractivity contribution in [2.75, 3.05) is 16.4 Å². The van der Waals surface area contributed by atoms with Crippen LogP contribution in [0.4, 0.5) is 22.2 Å². The summed E-state index contributed by atoms with van der Waals surface area (Å²) in [5.41, 5.74) is 10.0. The van der Waals surface area contributed by atoms with Crippen molar-refractivity contribution in [3.63, 3.8) is 0 Å². The minimum atomic E-state index is -0.452. The second kappa shape index (κ2) is 7.73. The lowest BCUT2D eigenvalue weighted by atomic mass is 9.92.